The van der Waals surface area contributed by atoms with Gasteiger partial charge in [0.1, 0.15) is 11.4 Å². The number of para-hydroxylation sites is 2. The summed E-state index contributed by atoms with van der Waals surface area (Å²) < 4.78 is 5.83. The molecule has 103 valence electrons. The topological polar surface area (TPSA) is 47.4 Å². The lowest BCUT2D eigenvalue weighted by molar-refractivity contribution is 0.582. The van der Waals surface area contributed by atoms with Crippen LogP contribution in [0.2, 0.25) is 13.1 Å². The second-order valence-corrected chi connectivity index (χ2v) is 6.67. The van der Waals surface area contributed by atoms with Crippen LogP contribution in [0.4, 0.5) is 5.69 Å². The van der Waals surface area contributed by atoms with Gasteiger partial charge in [-0.3, -0.25) is 15.0 Å². The van der Waals surface area contributed by atoms with Gasteiger partial charge in [-0.2, -0.15) is 0 Å². The van der Waals surface area contributed by atoms with Crippen molar-refractivity contribution in [2.45, 2.75) is 26.4 Å². The van der Waals surface area contributed by atoms with Crippen molar-refractivity contribution < 1.29 is 4.43 Å². The molecular weight excluding hydrogens is 266 g/mol. The monoisotopic (exact) mass is 284 g/mol. The number of aliphatic imine (C=N–C) groups is 1. The van der Waals surface area contributed by atoms with Gasteiger partial charge in [0, 0.05) is 25.0 Å². The lowest BCUT2D eigenvalue weighted by Crippen LogP contribution is -2.11. The minimum atomic E-state index is -0.787. The Morgan fingerprint density at radius 2 is 2.05 bits per heavy atom. The van der Waals surface area contributed by atoms with Crippen LogP contribution in [0, 0.1) is 6.92 Å². The minimum absolute atomic E-state index is 0.666. The van der Waals surface area contributed by atoms with E-state index in [0.717, 1.165) is 22.8 Å². The minimum Gasteiger partial charge on any atom is -0.541 e. The van der Waals surface area contributed by atoms with Crippen molar-refractivity contribution in [2.75, 3.05) is 0 Å². The average molecular weight is 284 g/mol. The van der Waals surface area contributed by atoms with Crippen molar-refractivity contribution in [3.8, 4) is 5.75 Å². The first-order valence-electron chi connectivity index (χ1n) is 6.52. The molecule has 2 rings (SSSR count). The summed E-state index contributed by atoms with van der Waals surface area (Å²) in [5.41, 5.74) is 2.70. The van der Waals surface area contributed by atoms with E-state index in [9.17, 15) is 0 Å². The van der Waals surface area contributed by atoms with Crippen LogP contribution in [0.5, 0.6) is 5.75 Å². The number of benzene rings is 1. The van der Waals surface area contributed by atoms with Crippen LogP contribution in [0.25, 0.3) is 0 Å². The first kappa shape index (κ1) is 14.4. The lowest BCUT2D eigenvalue weighted by Gasteiger charge is -2.10. The Hall–Kier alpha value is -2.01. The molecule has 0 N–H and O–H groups in total. The first-order chi connectivity index (χ1) is 9.65. The maximum Gasteiger partial charge on any atom is 0.274 e. The third kappa shape index (κ3) is 4.27. The highest BCUT2D eigenvalue weighted by Crippen LogP contribution is 2.26. The van der Waals surface area contributed by atoms with Crippen molar-refractivity contribution in [3.05, 3.63) is 48.0 Å². The van der Waals surface area contributed by atoms with Gasteiger partial charge in [0.05, 0.1) is 11.4 Å². The molecule has 0 aliphatic carbocycles. The van der Waals surface area contributed by atoms with Gasteiger partial charge in [0.15, 0.2) is 0 Å². The van der Waals surface area contributed by atoms with E-state index in [0.29, 0.717) is 6.42 Å². The fourth-order valence-corrected chi connectivity index (χ4v) is 2.33. The molecule has 0 aliphatic rings. The van der Waals surface area contributed by atoms with Gasteiger partial charge in [0.25, 0.3) is 9.04 Å². The third-order valence-corrected chi connectivity index (χ3v) is 3.14. The van der Waals surface area contributed by atoms with Crippen LogP contribution in [-0.2, 0) is 6.42 Å². The van der Waals surface area contributed by atoms with Crippen molar-refractivity contribution in [1.82, 2.24) is 9.97 Å². The predicted octanol–water partition coefficient (Wildman–Crippen LogP) is 3.36. The molecule has 2 aromatic rings. The number of hydrogen-bond acceptors (Lipinski definition) is 4. The second kappa shape index (κ2) is 6.95. The van der Waals surface area contributed by atoms with E-state index in [2.05, 4.69) is 28.1 Å². The number of nitrogens with zero attached hydrogens (tertiary/aromatic N) is 3. The molecule has 1 aromatic carbocycles. The summed E-state index contributed by atoms with van der Waals surface area (Å²) >= 11 is 0. The van der Waals surface area contributed by atoms with E-state index >= 15 is 0 Å². The highest BCUT2D eigenvalue weighted by atomic mass is 28.3. The Labute approximate surface area is 121 Å². The van der Waals surface area contributed by atoms with Gasteiger partial charge in [0.2, 0.25) is 0 Å². The third-order valence-electron chi connectivity index (χ3n) is 2.52. The summed E-state index contributed by atoms with van der Waals surface area (Å²) in [5, 5.41) is 0. The molecule has 0 fully saturated rings. The molecule has 0 saturated heterocycles. The second-order valence-electron chi connectivity index (χ2n) is 4.65. The number of aryl methyl sites for hydroxylation is 1. The Morgan fingerprint density at radius 3 is 2.80 bits per heavy atom. The predicted molar refractivity (Wildman–Crippen MR) is 83.2 cm³/mol. The van der Waals surface area contributed by atoms with E-state index in [1.807, 2.05) is 37.4 Å². The molecule has 0 unspecified atom stereocenters. The largest absolute Gasteiger partial charge is 0.541 e. The first-order valence-corrected chi connectivity index (χ1v) is 8.93. The molecule has 0 spiro atoms. The highest BCUT2D eigenvalue weighted by Gasteiger charge is 2.04. The van der Waals surface area contributed by atoms with E-state index in [4.69, 9.17) is 4.43 Å². The molecule has 0 amide bonds. The maximum atomic E-state index is 5.83. The molecule has 1 heterocycles. The Kier molecular flexibility index (Phi) is 5.01. The van der Waals surface area contributed by atoms with Crippen LogP contribution in [-0.4, -0.2) is 25.2 Å². The molecule has 0 saturated carbocycles. The van der Waals surface area contributed by atoms with Gasteiger partial charge >= 0.3 is 0 Å². The van der Waals surface area contributed by atoms with Crippen LogP contribution >= 0.6 is 0 Å². The molecule has 4 nitrogen and oxygen atoms in total. The fourth-order valence-electron chi connectivity index (χ4n) is 1.72. The zero-order valence-electron chi connectivity index (χ0n) is 12.0. The van der Waals surface area contributed by atoms with Crippen LogP contribution in [0.3, 0.4) is 0 Å². The molecular formula is C15H18N3OSi. The van der Waals surface area contributed by atoms with Crippen LogP contribution < -0.4 is 4.43 Å². The Balaban J connectivity index is 2.08. The quantitative estimate of drug-likeness (QED) is 0.625. The summed E-state index contributed by atoms with van der Waals surface area (Å²) in [6.07, 6.45) is 6.03. The van der Waals surface area contributed by atoms with E-state index in [-0.39, 0.29) is 0 Å². The Morgan fingerprint density at radius 1 is 1.25 bits per heavy atom. The summed E-state index contributed by atoms with van der Waals surface area (Å²) in [7, 11) is -0.787. The van der Waals surface area contributed by atoms with E-state index in [1.54, 1.807) is 12.4 Å². The molecule has 5 heteroatoms. The molecule has 0 aliphatic heterocycles. The number of aromatic nitrogens is 2. The van der Waals surface area contributed by atoms with Gasteiger partial charge in [-0.25, -0.2) is 0 Å². The van der Waals surface area contributed by atoms with Crippen molar-refractivity contribution in [3.63, 3.8) is 0 Å². The molecule has 1 aromatic heterocycles. The summed E-state index contributed by atoms with van der Waals surface area (Å²) in [4.78, 5) is 13.0. The lowest BCUT2D eigenvalue weighted by atomic mass is 10.3. The molecule has 20 heavy (non-hydrogen) atoms. The zero-order valence-corrected chi connectivity index (χ0v) is 13.0. The van der Waals surface area contributed by atoms with E-state index in [1.165, 1.54) is 0 Å². The molecule has 0 bridgehead atoms. The average Bonchev–Trinajstić information content (AvgIpc) is 2.40. The van der Waals surface area contributed by atoms with Crippen LogP contribution in [0.15, 0.2) is 41.7 Å². The SMILES string of the molecule is Cc1cncc(CC=Nc2ccccc2O[Si](C)C)n1. The maximum absolute atomic E-state index is 5.83. The van der Waals surface area contributed by atoms with Gasteiger partial charge in [-0.1, -0.05) is 12.1 Å². The van der Waals surface area contributed by atoms with Gasteiger partial charge < -0.3 is 4.43 Å². The zero-order chi connectivity index (χ0) is 14.4. The summed E-state index contributed by atoms with van der Waals surface area (Å²) in [6.45, 7) is 6.14. The highest BCUT2D eigenvalue weighted by molar-refractivity contribution is 6.49. The molecule has 0 atom stereocenters. The van der Waals surface area contributed by atoms with Gasteiger partial charge in [-0.05, 0) is 32.2 Å². The van der Waals surface area contributed by atoms with Crippen LogP contribution in [0.1, 0.15) is 11.4 Å². The number of hydrogen-bond donors (Lipinski definition) is 0. The normalized spacial score (nSPS) is 11.2. The van der Waals surface area contributed by atoms with E-state index < -0.39 is 9.04 Å². The van der Waals surface area contributed by atoms with Gasteiger partial charge in [-0.15, -0.1) is 0 Å². The summed E-state index contributed by atoms with van der Waals surface area (Å²) in [6, 6.07) is 7.84. The fraction of sp³-hybridized carbons (Fsp3) is 0.267. The van der Waals surface area contributed by atoms with Crippen molar-refractivity contribution in [1.29, 1.82) is 0 Å². The molecule has 1 radical (unpaired) electrons. The smallest absolute Gasteiger partial charge is 0.274 e. The van der Waals surface area contributed by atoms with Crippen molar-refractivity contribution >= 4 is 20.9 Å². The standard InChI is InChI=1S/C15H18N3OSi/c1-12-10-16-11-13(18-12)8-9-17-14-6-4-5-7-15(14)19-20(2)3/h4-7,9-11H,8H2,1-3H3. The number of rotatable bonds is 5. The summed E-state index contributed by atoms with van der Waals surface area (Å²) in [5.74, 6) is 0.845. The van der Waals surface area contributed by atoms with Crippen molar-refractivity contribution in [2.24, 2.45) is 4.99 Å². The Bertz CT molecular complexity index is 599.